The SMILES string of the molecule is CCC(NS(=O)(=O)c1cnn(CC)c1)c1ccc(C(C)C)cc1. The average Bonchev–Trinajstić information content (AvgIpc) is 3.03. The maximum atomic E-state index is 12.5. The summed E-state index contributed by atoms with van der Waals surface area (Å²) in [6.07, 6.45) is 3.62. The molecular formula is C17H25N3O2S. The van der Waals surface area contributed by atoms with Crippen LogP contribution in [0.5, 0.6) is 0 Å². The van der Waals surface area contributed by atoms with Crippen molar-refractivity contribution in [2.45, 2.75) is 57.5 Å². The molecule has 1 unspecified atom stereocenters. The Labute approximate surface area is 138 Å². The summed E-state index contributed by atoms with van der Waals surface area (Å²) in [7, 11) is -3.57. The maximum Gasteiger partial charge on any atom is 0.244 e. The van der Waals surface area contributed by atoms with Crippen molar-refractivity contribution in [1.82, 2.24) is 14.5 Å². The number of nitrogens with one attached hydrogen (secondary N) is 1. The molecule has 1 heterocycles. The Morgan fingerprint density at radius 3 is 2.22 bits per heavy atom. The lowest BCUT2D eigenvalue weighted by Gasteiger charge is -2.18. The molecule has 0 saturated heterocycles. The molecule has 1 aromatic carbocycles. The second-order valence-electron chi connectivity index (χ2n) is 5.94. The number of nitrogens with zero attached hydrogens (tertiary/aromatic N) is 2. The van der Waals surface area contributed by atoms with Crippen molar-refractivity contribution < 1.29 is 8.42 Å². The van der Waals surface area contributed by atoms with E-state index in [9.17, 15) is 8.42 Å². The highest BCUT2D eigenvalue weighted by atomic mass is 32.2. The highest BCUT2D eigenvalue weighted by molar-refractivity contribution is 7.89. The van der Waals surface area contributed by atoms with Crippen LogP contribution in [0, 0.1) is 0 Å². The summed E-state index contributed by atoms with van der Waals surface area (Å²) in [5, 5.41) is 4.04. The van der Waals surface area contributed by atoms with Crippen molar-refractivity contribution in [1.29, 1.82) is 0 Å². The minimum absolute atomic E-state index is 0.205. The fourth-order valence-corrected chi connectivity index (χ4v) is 3.67. The van der Waals surface area contributed by atoms with E-state index in [0.717, 1.165) is 5.56 Å². The molecule has 0 spiro atoms. The summed E-state index contributed by atoms with van der Waals surface area (Å²) >= 11 is 0. The van der Waals surface area contributed by atoms with Gasteiger partial charge in [0.05, 0.1) is 6.20 Å². The zero-order chi connectivity index (χ0) is 17.0. The zero-order valence-electron chi connectivity index (χ0n) is 14.2. The van der Waals surface area contributed by atoms with Gasteiger partial charge in [-0.05, 0) is 30.4 Å². The Morgan fingerprint density at radius 1 is 1.13 bits per heavy atom. The first-order valence-corrected chi connectivity index (χ1v) is 9.50. The first kappa shape index (κ1) is 17.7. The van der Waals surface area contributed by atoms with Crippen molar-refractivity contribution in [3.63, 3.8) is 0 Å². The number of benzene rings is 1. The number of hydrogen-bond acceptors (Lipinski definition) is 3. The molecular weight excluding hydrogens is 310 g/mol. The summed E-state index contributed by atoms with van der Waals surface area (Å²) in [6.45, 7) is 8.81. The van der Waals surface area contributed by atoms with Crippen LogP contribution in [-0.2, 0) is 16.6 Å². The van der Waals surface area contributed by atoms with E-state index >= 15 is 0 Å². The molecule has 1 aromatic heterocycles. The largest absolute Gasteiger partial charge is 0.272 e. The molecule has 0 aliphatic rings. The highest BCUT2D eigenvalue weighted by Gasteiger charge is 2.21. The lowest BCUT2D eigenvalue weighted by atomic mass is 9.98. The van der Waals surface area contributed by atoms with Crippen LogP contribution < -0.4 is 4.72 Å². The van der Waals surface area contributed by atoms with E-state index in [2.05, 4.69) is 35.8 Å². The van der Waals surface area contributed by atoms with Gasteiger partial charge >= 0.3 is 0 Å². The molecule has 0 aliphatic heterocycles. The third-order valence-corrected chi connectivity index (χ3v) is 5.38. The number of aryl methyl sites for hydroxylation is 1. The number of aromatic nitrogens is 2. The van der Waals surface area contributed by atoms with Crippen molar-refractivity contribution in [3.8, 4) is 0 Å². The summed E-state index contributed by atoms with van der Waals surface area (Å²) < 4.78 is 29.4. The van der Waals surface area contributed by atoms with E-state index in [0.29, 0.717) is 18.9 Å². The zero-order valence-corrected chi connectivity index (χ0v) is 15.0. The third-order valence-electron chi connectivity index (χ3n) is 3.96. The fraction of sp³-hybridized carbons (Fsp3) is 0.471. The molecule has 0 fully saturated rings. The van der Waals surface area contributed by atoms with E-state index in [1.165, 1.54) is 11.8 Å². The predicted octanol–water partition coefficient (Wildman–Crippen LogP) is 3.46. The first-order chi connectivity index (χ1) is 10.9. The maximum absolute atomic E-state index is 12.5. The van der Waals surface area contributed by atoms with Gasteiger partial charge < -0.3 is 0 Å². The van der Waals surface area contributed by atoms with Crippen LogP contribution in [0.25, 0.3) is 0 Å². The van der Waals surface area contributed by atoms with Gasteiger partial charge in [0.2, 0.25) is 10.0 Å². The van der Waals surface area contributed by atoms with Crippen LogP contribution in [-0.4, -0.2) is 18.2 Å². The van der Waals surface area contributed by atoms with E-state index in [-0.39, 0.29) is 10.9 Å². The Morgan fingerprint density at radius 2 is 1.74 bits per heavy atom. The van der Waals surface area contributed by atoms with Crippen LogP contribution in [0.3, 0.4) is 0 Å². The Hall–Kier alpha value is -1.66. The van der Waals surface area contributed by atoms with Crippen LogP contribution in [0.4, 0.5) is 0 Å². The highest BCUT2D eigenvalue weighted by Crippen LogP contribution is 2.22. The van der Waals surface area contributed by atoms with Crippen molar-refractivity contribution in [2.24, 2.45) is 0 Å². The molecule has 1 N–H and O–H groups in total. The molecule has 0 aliphatic carbocycles. The molecule has 23 heavy (non-hydrogen) atoms. The summed E-state index contributed by atoms with van der Waals surface area (Å²) in [6, 6.07) is 7.88. The molecule has 2 aromatic rings. The van der Waals surface area contributed by atoms with Crippen molar-refractivity contribution >= 4 is 10.0 Å². The molecule has 5 nitrogen and oxygen atoms in total. The van der Waals surface area contributed by atoms with Crippen LogP contribution in [0.2, 0.25) is 0 Å². The van der Waals surface area contributed by atoms with Crippen LogP contribution in [0.1, 0.15) is 57.2 Å². The van der Waals surface area contributed by atoms with E-state index in [4.69, 9.17) is 0 Å². The predicted molar refractivity (Wildman–Crippen MR) is 91.8 cm³/mol. The number of hydrogen-bond donors (Lipinski definition) is 1. The molecule has 0 amide bonds. The lowest BCUT2D eigenvalue weighted by Crippen LogP contribution is -2.28. The van der Waals surface area contributed by atoms with Gasteiger partial charge in [0.15, 0.2) is 0 Å². The smallest absolute Gasteiger partial charge is 0.244 e. The van der Waals surface area contributed by atoms with Crippen LogP contribution >= 0.6 is 0 Å². The standard InChI is InChI=1S/C17H25N3O2S/c1-5-17(15-9-7-14(8-10-15)13(3)4)19-23(21,22)16-11-18-20(6-2)12-16/h7-13,17,19H,5-6H2,1-4H3. The second-order valence-corrected chi connectivity index (χ2v) is 7.65. The van der Waals surface area contributed by atoms with Crippen LogP contribution in [0.15, 0.2) is 41.6 Å². The fourth-order valence-electron chi connectivity index (χ4n) is 2.41. The Bertz CT molecular complexity index is 733. The number of sulfonamides is 1. The first-order valence-electron chi connectivity index (χ1n) is 8.02. The van der Waals surface area contributed by atoms with Gasteiger partial charge in [0.1, 0.15) is 4.90 Å². The Balaban J connectivity index is 2.20. The van der Waals surface area contributed by atoms with Crippen molar-refractivity contribution in [2.75, 3.05) is 0 Å². The van der Waals surface area contributed by atoms with Crippen molar-refractivity contribution in [3.05, 3.63) is 47.8 Å². The van der Waals surface area contributed by atoms with Gasteiger partial charge in [0.25, 0.3) is 0 Å². The molecule has 2 rings (SSSR count). The molecule has 1 atom stereocenters. The summed E-state index contributed by atoms with van der Waals surface area (Å²) in [5.41, 5.74) is 2.22. The van der Waals surface area contributed by atoms with Gasteiger partial charge in [-0.1, -0.05) is 45.0 Å². The topological polar surface area (TPSA) is 64.0 Å². The van der Waals surface area contributed by atoms with Gasteiger partial charge in [0, 0.05) is 18.8 Å². The quantitative estimate of drug-likeness (QED) is 0.843. The third kappa shape index (κ3) is 4.20. The normalized spacial score (nSPS) is 13.4. The van der Waals surface area contributed by atoms with E-state index in [1.54, 1.807) is 10.9 Å². The molecule has 0 saturated carbocycles. The van der Waals surface area contributed by atoms with Gasteiger partial charge in [-0.2, -0.15) is 5.10 Å². The molecule has 126 valence electrons. The molecule has 6 heteroatoms. The summed E-state index contributed by atoms with van der Waals surface area (Å²) in [4.78, 5) is 0.205. The van der Waals surface area contributed by atoms with Gasteiger partial charge in [-0.15, -0.1) is 0 Å². The lowest BCUT2D eigenvalue weighted by molar-refractivity contribution is 0.549. The Kier molecular flexibility index (Phi) is 5.59. The van der Waals surface area contributed by atoms with Gasteiger partial charge in [-0.25, -0.2) is 13.1 Å². The minimum atomic E-state index is -3.57. The molecule has 0 bridgehead atoms. The second kappa shape index (κ2) is 7.27. The van der Waals surface area contributed by atoms with Gasteiger partial charge in [-0.3, -0.25) is 4.68 Å². The minimum Gasteiger partial charge on any atom is -0.272 e. The monoisotopic (exact) mass is 335 g/mol. The van der Waals surface area contributed by atoms with E-state index in [1.807, 2.05) is 26.0 Å². The number of rotatable bonds is 7. The van der Waals surface area contributed by atoms with E-state index < -0.39 is 10.0 Å². The molecule has 0 radical (unpaired) electrons. The average molecular weight is 335 g/mol. The summed E-state index contributed by atoms with van der Waals surface area (Å²) in [5.74, 6) is 0.459.